The van der Waals surface area contributed by atoms with Gasteiger partial charge in [-0.1, -0.05) is 23.7 Å². The molecular weight excluding hydrogens is 305 g/mol. The first kappa shape index (κ1) is 14.9. The molecule has 114 valence electrons. The summed E-state index contributed by atoms with van der Waals surface area (Å²) in [5.41, 5.74) is 1.32. The average molecular weight is 320 g/mol. The predicted octanol–water partition coefficient (Wildman–Crippen LogP) is 3.99. The molecule has 0 unspecified atom stereocenters. The van der Waals surface area contributed by atoms with E-state index >= 15 is 0 Å². The van der Waals surface area contributed by atoms with E-state index in [1.807, 2.05) is 0 Å². The molecular formula is C17H15ClFNO2. The van der Waals surface area contributed by atoms with Crippen molar-refractivity contribution in [2.24, 2.45) is 0 Å². The lowest BCUT2D eigenvalue weighted by Crippen LogP contribution is -2.32. The Kier molecular flexibility index (Phi) is 4.03. The third-order valence-corrected chi connectivity index (χ3v) is 4.01. The van der Waals surface area contributed by atoms with Crippen LogP contribution >= 0.6 is 11.6 Å². The van der Waals surface area contributed by atoms with Crippen molar-refractivity contribution in [1.29, 1.82) is 0 Å². The van der Waals surface area contributed by atoms with E-state index in [2.05, 4.69) is 0 Å². The van der Waals surface area contributed by atoms with Gasteiger partial charge < -0.3 is 10.0 Å². The minimum Gasteiger partial charge on any atom is -0.506 e. The Morgan fingerprint density at radius 1 is 1.23 bits per heavy atom. The molecule has 0 radical (unpaired) electrons. The van der Waals surface area contributed by atoms with Crippen LogP contribution in [-0.4, -0.2) is 22.0 Å². The van der Waals surface area contributed by atoms with Crippen LogP contribution in [0.5, 0.6) is 5.75 Å². The minimum atomic E-state index is -0.293. The van der Waals surface area contributed by atoms with Crippen LogP contribution in [0.25, 0.3) is 0 Å². The number of halogens is 2. The fraction of sp³-hybridized carbons (Fsp3) is 0.235. The first-order valence-corrected chi connectivity index (χ1v) is 7.46. The number of benzene rings is 2. The fourth-order valence-electron chi connectivity index (χ4n) is 2.35. The molecule has 1 aliphatic carbocycles. The Morgan fingerprint density at radius 2 is 1.91 bits per heavy atom. The summed E-state index contributed by atoms with van der Waals surface area (Å²) < 4.78 is 13.0. The van der Waals surface area contributed by atoms with Crippen molar-refractivity contribution in [2.45, 2.75) is 25.4 Å². The monoisotopic (exact) mass is 319 g/mol. The summed E-state index contributed by atoms with van der Waals surface area (Å²) in [7, 11) is 0. The number of phenols is 1. The molecule has 3 nitrogen and oxygen atoms in total. The highest BCUT2D eigenvalue weighted by Gasteiger charge is 2.33. The summed E-state index contributed by atoms with van der Waals surface area (Å²) in [6, 6.07) is 10.8. The number of hydrogen-bond donors (Lipinski definition) is 1. The second-order valence-corrected chi connectivity index (χ2v) is 5.86. The Morgan fingerprint density at radius 3 is 2.50 bits per heavy atom. The molecule has 5 heteroatoms. The zero-order chi connectivity index (χ0) is 15.7. The van der Waals surface area contributed by atoms with Crippen LogP contribution in [0, 0.1) is 5.82 Å². The van der Waals surface area contributed by atoms with Gasteiger partial charge >= 0.3 is 0 Å². The zero-order valence-electron chi connectivity index (χ0n) is 11.8. The molecule has 1 amide bonds. The second-order valence-electron chi connectivity index (χ2n) is 5.46. The van der Waals surface area contributed by atoms with Crippen LogP contribution in [0.15, 0.2) is 42.5 Å². The molecule has 0 aromatic heterocycles. The number of carbonyl (C=O) groups excluding carboxylic acids is 1. The molecule has 0 spiro atoms. The molecule has 1 N–H and O–H groups in total. The van der Waals surface area contributed by atoms with E-state index in [4.69, 9.17) is 11.6 Å². The van der Waals surface area contributed by atoms with Crippen LogP contribution in [0.4, 0.5) is 4.39 Å². The van der Waals surface area contributed by atoms with Gasteiger partial charge in [0.15, 0.2) is 0 Å². The number of rotatable bonds is 4. The third kappa shape index (κ3) is 3.22. The summed E-state index contributed by atoms with van der Waals surface area (Å²) in [4.78, 5) is 14.4. The summed E-state index contributed by atoms with van der Waals surface area (Å²) in [6.45, 7) is 0.433. The Hall–Kier alpha value is -2.07. The van der Waals surface area contributed by atoms with Gasteiger partial charge in [0.1, 0.15) is 11.6 Å². The summed E-state index contributed by atoms with van der Waals surface area (Å²) in [5.74, 6) is -0.471. The molecule has 22 heavy (non-hydrogen) atoms. The molecule has 0 bridgehead atoms. The number of carbonyl (C=O) groups is 1. The molecule has 2 aromatic rings. The van der Waals surface area contributed by atoms with Crippen LogP contribution in [0.2, 0.25) is 5.02 Å². The van der Waals surface area contributed by atoms with E-state index in [0.717, 1.165) is 18.4 Å². The molecule has 0 heterocycles. The fourth-order valence-corrected chi connectivity index (χ4v) is 2.53. The molecule has 1 aliphatic rings. The number of hydrogen-bond acceptors (Lipinski definition) is 2. The maximum absolute atomic E-state index is 13.0. The molecule has 1 saturated carbocycles. The third-order valence-electron chi connectivity index (χ3n) is 3.71. The van der Waals surface area contributed by atoms with E-state index < -0.39 is 0 Å². The SMILES string of the molecule is O=C(c1ccc(O)c(Cl)c1)N(Cc1ccc(F)cc1)C1CC1. The van der Waals surface area contributed by atoms with Crippen LogP contribution in [-0.2, 0) is 6.54 Å². The lowest BCUT2D eigenvalue weighted by Gasteiger charge is -2.23. The number of phenolic OH excluding ortho intramolecular Hbond substituents is 1. The van der Waals surface area contributed by atoms with E-state index in [1.54, 1.807) is 23.1 Å². The van der Waals surface area contributed by atoms with Crippen molar-refractivity contribution < 1.29 is 14.3 Å². The highest BCUT2D eigenvalue weighted by Crippen LogP contribution is 2.31. The minimum absolute atomic E-state index is 0.0466. The van der Waals surface area contributed by atoms with Gasteiger partial charge in [-0.3, -0.25) is 4.79 Å². The topological polar surface area (TPSA) is 40.5 Å². The highest BCUT2D eigenvalue weighted by atomic mass is 35.5. The quantitative estimate of drug-likeness (QED) is 0.925. The zero-order valence-corrected chi connectivity index (χ0v) is 12.6. The van der Waals surface area contributed by atoms with Gasteiger partial charge in [0.2, 0.25) is 0 Å². The van der Waals surface area contributed by atoms with E-state index in [1.165, 1.54) is 24.3 Å². The molecule has 0 atom stereocenters. The van der Waals surface area contributed by atoms with Gasteiger partial charge in [-0.25, -0.2) is 4.39 Å². The second kappa shape index (κ2) is 5.97. The number of nitrogens with zero attached hydrogens (tertiary/aromatic N) is 1. The van der Waals surface area contributed by atoms with Crippen molar-refractivity contribution >= 4 is 17.5 Å². The maximum Gasteiger partial charge on any atom is 0.254 e. The van der Waals surface area contributed by atoms with Crippen molar-refractivity contribution in [3.8, 4) is 5.75 Å². The van der Waals surface area contributed by atoms with Crippen LogP contribution in [0.1, 0.15) is 28.8 Å². The maximum atomic E-state index is 13.0. The Labute approximate surface area is 132 Å². The predicted molar refractivity (Wildman–Crippen MR) is 82.4 cm³/mol. The molecule has 3 rings (SSSR count). The molecule has 0 aliphatic heterocycles. The largest absolute Gasteiger partial charge is 0.506 e. The van der Waals surface area contributed by atoms with E-state index in [0.29, 0.717) is 12.1 Å². The summed E-state index contributed by atoms with van der Waals surface area (Å²) >= 11 is 5.87. The Bertz CT molecular complexity index is 698. The Balaban J connectivity index is 1.82. The van der Waals surface area contributed by atoms with Crippen LogP contribution in [0.3, 0.4) is 0 Å². The molecule has 2 aromatic carbocycles. The van der Waals surface area contributed by atoms with Gasteiger partial charge in [0.25, 0.3) is 5.91 Å². The normalized spacial score (nSPS) is 13.9. The summed E-state index contributed by atoms with van der Waals surface area (Å²) in [6.07, 6.45) is 1.94. The van der Waals surface area contributed by atoms with Gasteiger partial charge in [-0.15, -0.1) is 0 Å². The van der Waals surface area contributed by atoms with Gasteiger partial charge in [0.05, 0.1) is 5.02 Å². The van der Waals surface area contributed by atoms with Gasteiger partial charge in [-0.2, -0.15) is 0 Å². The van der Waals surface area contributed by atoms with E-state index in [-0.39, 0.29) is 28.5 Å². The van der Waals surface area contributed by atoms with Crippen molar-refractivity contribution in [2.75, 3.05) is 0 Å². The van der Waals surface area contributed by atoms with E-state index in [9.17, 15) is 14.3 Å². The van der Waals surface area contributed by atoms with Crippen molar-refractivity contribution in [3.05, 3.63) is 64.4 Å². The first-order chi connectivity index (χ1) is 10.5. The summed E-state index contributed by atoms with van der Waals surface area (Å²) in [5, 5.41) is 9.61. The van der Waals surface area contributed by atoms with Gasteiger partial charge in [0, 0.05) is 18.2 Å². The van der Waals surface area contributed by atoms with Crippen molar-refractivity contribution in [1.82, 2.24) is 4.90 Å². The standard InChI is InChI=1S/C17H15ClFNO2/c18-15-9-12(3-8-16(15)21)17(22)20(14-6-7-14)10-11-1-4-13(19)5-2-11/h1-5,8-9,14,21H,6-7,10H2. The molecule has 0 saturated heterocycles. The van der Waals surface area contributed by atoms with Crippen molar-refractivity contribution in [3.63, 3.8) is 0 Å². The lowest BCUT2D eigenvalue weighted by atomic mass is 10.1. The number of aromatic hydroxyl groups is 1. The lowest BCUT2D eigenvalue weighted by molar-refractivity contribution is 0.0730. The van der Waals surface area contributed by atoms with Crippen LogP contribution < -0.4 is 0 Å². The molecule has 1 fully saturated rings. The number of amides is 1. The highest BCUT2D eigenvalue weighted by molar-refractivity contribution is 6.32. The van der Waals surface area contributed by atoms with Gasteiger partial charge in [-0.05, 0) is 48.7 Å². The average Bonchev–Trinajstić information content (AvgIpc) is 3.33. The first-order valence-electron chi connectivity index (χ1n) is 7.08. The smallest absolute Gasteiger partial charge is 0.254 e.